The van der Waals surface area contributed by atoms with Crippen LogP contribution in [0.5, 0.6) is 0 Å². The van der Waals surface area contributed by atoms with E-state index in [0.29, 0.717) is 11.0 Å². The van der Waals surface area contributed by atoms with Crippen LogP contribution in [0.3, 0.4) is 0 Å². The fourth-order valence-electron chi connectivity index (χ4n) is 1.67. The van der Waals surface area contributed by atoms with Crippen LogP contribution in [-0.2, 0) is 4.79 Å². The van der Waals surface area contributed by atoms with E-state index in [0.717, 1.165) is 12.1 Å². The Labute approximate surface area is 120 Å². The molecule has 2 N–H and O–H groups in total. The third-order valence-electron chi connectivity index (χ3n) is 3.11. The lowest BCUT2D eigenvalue weighted by atomic mass is 9.97. The molecule has 19 heavy (non-hydrogen) atoms. The first-order valence-corrected chi connectivity index (χ1v) is 7.07. The number of hydrogen-bond donors (Lipinski definition) is 2. The van der Waals surface area contributed by atoms with Gasteiger partial charge in [0.2, 0.25) is 5.91 Å². The number of anilines is 1. The summed E-state index contributed by atoms with van der Waals surface area (Å²) in [7, 11) is 0. The molecule has 0 aliphatic heterocycles. The van der Waals surface area contributed by atoms with E-state index < -0.39 is 0 Å². The highest BCUT2D eigenvalue weighted by Crippen LogP contribution is 2.26. The molecule has 1 aromatic rings. The first-order valence-electron chi connectivity index (χ1n) is 6.66. The molecule has 1 aromatic carbocycles. The molecule has 0 aliphatic carbocycles. The summed E-state index contributed by atoms with van der Waals surface area (Å²) in [5, 5.41) is 6.16. The molecule has 1 amide bonds. The van der Waals surface area contributed by atoms with Gasteiger partial charge in [-0.2, -0.15) is 0 Å². The van der Waals surface area contributed by atoms with Crippen molar-refractivity contribution in [3.8, 4) is 0 Å². The first kappa shape index (κ1) is 15.6. The van der Waals surface area contributed by atoms with Crippen molar-refractivity contribution in [2.24, 2.45) is 5.92 Å². The zero-order valence-corrected chi connectivity index (χ0v) is 12.8. The van der Waals surface area contributed by atoms with Crippen molar-refractivity contribution >= 4 is 28.9 Å². The molecule has 0 aromatic heterocycles. The van der Waals surface area contributed by atoms with E-state index in [9.17, 15) is 4.79 Å². The average Bonchev–Trinajstić information content (AvgIpc) is 2.38. The summed E-state index contributed by atoms with van der Waals surface area (Å²) < 4.78 is 0. The number of benzene rings is 1. The van der Waals surface area contributed by atoms with Crippen LogP contribution in [0, 0.1) is 5.92 Å². The van der Waals surface area contributed by atoms with Crippen molar-refractivity contribution in [3.63, 3.8) is 0 Å². The molecule has 4 heteroatoms. The third-order valence-corrected chi connectivity index (χ3v) is 3.32. The minimum absolute atomic E-state index is 0.0708. The largest absolute Gasteiger partial charge is 0.332 e. The van der Waals surface area contributed by atoms with Crippen molar-refractivity contribution in [1.29, 1.82) is 0 Å². The monoisotopic (exact) mass is 278 g/mol. The van der Waals surface area contributed by atoms with E-state index in [4.69, 9.17) is 12.2 Å². The van der Waals surface area contributed by atoms with E-state index in [1.807, 2.05) is 32.0 Å². The van der Waals surface area contributed by atoms with Crippen LogP contribution in [0.4, 0.5) is 5.69 Å². The first-order chi connectivity index (χ1) is 8.95. The smallest absolute Gasteiger partial charge is 0.228 e. The summed E-state index contributed by atoms with van der Waals surface area (Å²) in [5.74, 6) is 0.301. The van der Waals surface area contributed by atoms with E-state index >= 15 is 0 Å². The molecule has 1 atom stereocenters. The van der Waals surface area contributed by atoms with Gasteiger partial charge in [-0.1, -0.05) is 45.9 Å². The lowest BCUT2D eigenvalue weighted by Gasteiger charge is -2.17. The minimum Gasteiger partial charge on any atom is -0.332 e. The fraction of sp³-hybridized carbons (Fsp3) is 0.467. The van der Waals surface area contributed by atoms with Gasteiger partial charge in [-0.05, 0) is 36.2 Å². The minimum atomic E-state index is -0.0791. The summed E-state index contributed by atoms with van der Waals surface area (Å²) in [6.07, 6.45) is 1.06. The zero-order valence-electron chi connectivity index (χ0n) is 12.0. The van der Waals surface area contributed by atoms with Crippen LogP contribution in [-0.4, -0.2) is 11.0 Å². The average molecular weight is 278 g/mol. The van der Waals surface area contributed by atoms with Gasteiger partial charge in [-0.25, -0.2) is 0 Å². The number of carbonyl (C=O) groups excluding carboxylic acids is 1. The van der Waals surface area contributed by atoms with E-state index in [-0.39, 0.29) is 11.8 Å². The van der Waals surface area contributed by atoms with Gasteiger partial charge in [0.25, 0.3) is 0 Å². The number of carbonyl (C=O) groups is 1. The second-order valence-corrected chi connectivity index (χ2v) is 5.40. The zero-order chi connectivity index (χ0) is 14.4. The maximum Gasteiger partial charge on any atom is 0.228 e. The Morgan fingerprint density at radius 1 is 1.26 bits per heavy atom. The Kier molecular flexibility index (Phi) is 5.96. The number of para-hydroxylation sites is 1. The van der Waals surface area contributed by atoms with Gasteiger partial charge in [0.05, 0.1) is 0 Å². The van der Waals surface area contributed by atoms with Crippen LogP contribution in [0.1, 0.15) is 45.6 Å². The molecule has 0 saturated carbocycles. The summed E-state index contributed by atoms with van der Waals surface area (Å²) in [6, 6.07) is 8.04. The van der Waals surface area contributed by atoms with Gasteiger partial charge in [-0.15, -0.1) is 0 Å². The Morgan fingerprint density at radius 2 is 1.89 bits per heavy atom. The fourth-order valence-corrected chi connectivity index (χ4v) is 1.88. The molecule has 0 fully saturated rings. The molecule has 0 spiro atoms. The lowest BCUT2D eigenvalue weighted by molar-refractivity contribution is -0.122. The third kappa shape index (κ3) is 4.63. The van der Waals surface area contributed by atoms with E-state index in [1.165, 1.54) is 5.56 Å². The summed E-state index contributed by atoms with van der Waals surface area (Å²) in [5.41, 5.74) is 2.18. The number of rotatable bonds is 4. The molecule has 0 heterocycles. The number of amides is 1. The number of thiocarbonyl (C=S) groups is 1. The molecule has 0 aliphatic rings. The predicted molar refractivity (Wildman–Crippen MR) is 84.3 cm³/mol. The lowest BCUT2D eigenvalue weighted by Crippen LogP contribution is -2.36. The topological polar surface area (TPSA) is 41.1 Å². The standard InChI is InChI=1S/C15H22N2OS/c1-5-11(4)12-8-6-7-9-13(12)16-15(19)17-14(18)10(2)3/h6-11H,5H2,1-4H3,(H2,16,17,18,19)/t11-/m1/s1. The highest BCUT2D eigenvalue weighted by molar-refractivity contribution is 7.80. The van der Waals surface area contributed by atoms with Crippen LogP contribution < -0.4 is 10.6 Å². The van der Waals surface area contributed by atoms with Gasteiger partial charge in [0, 0.05) is 11.6 Å². The Hall–Kier alpha value is -1.42. The SMILES string of the molecule is CC[C@@H](C)c1ccccc1NC(=S)NC(=O)C(C)C. The van der Waals surface area contributed by atoms with Crippen LogP contribution in [0.25, 0.3) is 0 Å². The van der Waals surface area contributed by atoms with Gasteiger partial charge < -0.3 is 10.6 Å². The Bertz CT molecular complexity index is 457. The molecule has 0 bridgehead atoms. The van der Waals surface area contributed by atoms with Crippen molar-refractivity contribution < 1.29 is 4.79 Å². The van der Waals surface area contributed by atoms with Crippen molar-refractivity contribution in [3.05, 3.63) is 29.8 Å². The van der Waals surface area contributed by atoms with Crippen molar-refractivity contribution in [2.45, 2.75) is 40.0 Å². The molecule has 104 valence electrons. The summed E-state index contributed by atoms with van der Waals surface area (Å²) in [4.78, 5) is 11.6. The summed E-state index contributed by atoms with van der Waals surface area (Å²) >= 11 is 5.17. The highest BCUT2D eigenvalue weighted by atomic mass is 32.1. The van der Waals surface area contributed by atoms with Crippen LogP contribution in [0.15, 0.2) is 24.3 Å². The molecular formula is C15H22N2OS. The van der Waals surface area contributed by atoms with Crippen LogP contribution >= 0.6 is 12.2 Å². The second kappa shape index (κ2) is 7.24. The number of hydrogen-bond acceptors (Lipinski definition) is 2. The quantitative estimate of drug-likeness (QED) is 0.826. The molecule has 0 radical (unpaired) electrons. The number of nitrogens with one attached hydrogen (secondary N) is 2. The molecule has 0 unspecified atom stereocenters. The van der Waals surface area contributed by atoms with Crippen molar-refractivity contribution in [2.75, 3.05) is 5.32 Å². The van der Waals surface area contributed by atoms with Crippen molar-refractivity contribution in [1.82, 2.24) is 5.32 Å². The van der Waals surface area contributed by atoms with Gasteiger partial charge in [-0.3, -0.25) is 4.79 Å². The maximum absolute atomic E-state index is 11.6. The van der Waals surface area contributed by atoms with E-state index in [1.54, 1.807) is 0 Å². The Balaban J connectivity index is 2.77. The molecule has 0 saturated heterocycles. The van der Waals surface area contributed by atoms with Gasteiger partial charge >= 0.3 is 0 Å². The highest BCUT2D eigenvalue weighted by Gasteiger charge is 2.12. The maximum atomic E-state index is 11.6. The molecule has 3 nitrogen and oxygen atoms in total. The van der Waals surface area contributed by atoms with E-state index in [2.05, 4.69) is 30.5 Å². The second-order valence-electron chi connectivity index (χ2n) is 4.99. The molecular weight excluding hydrogens is 256 g/mol. The summed E-state index contributed by atoms with van der Waals surface area (Å²) in [6.45, 7) is 8.01. The van der Waals surface area contributed by atoms with Crippen LogP contribution in [0.2, 0.25) is 0 Å². The predicted octanol–water partition coefficient (Wildman–Crippen LogP) is 3.67. The Morgan fingerprint density at radius 3 is 2.47 bits per heavy atom. The van der Waals surface area contributed by atoms with Gasteiger partial charge in [0.1, 0.15) is 0 Å². The molecule has 1 rings (SSSR count). The van der Waals surface area contributed by atoms with Gasteiger partial charge in [0.15, 0.2) is 5.11 Å². The normalized spacial score (nSPS) is 12.1.